The lowest BCUT2D eigenvalue weighted by Gasteiger charge is -2.18. The third-order valence-corrected chi connectivity index (χ3v) is 5.69. The van der Waals surface area contributed by atoms with Crippen molar-refractivity contribution in [1.29, 1.82) is 0 Å². The average molecular weight is 373 g/mol. The molecular formula is C23H23N3O2. The largest absolute Gasteiger partial charge is 0.423 e. The minimum atomic E-state index is 0.285. The number of aryl methyl sites for hydroxylation is 1. The second-order valence-electron chi connectivity index (χ2n) is 7.55. The second-order valence-corrected chi connectivity index (χ2v) is 7.55. The van der Waals surface area contributed by atoms with Crippen LogP contribution in [-0.2, 0) is 17.6 Å². The van der Waals surface area contributed by atoms with Crippen LogP contribution in [0.4, 0.5) is 17.4 Å². The first kappa shape index (κ1) is 17.0. The number of hydrogen-bond donors (Lipinski definition) is 1. The van der Waals surface area contributed by atoms with Gasteiger partial charge in [0, 0.05) is 42.9 Å². The lowest BCUT2D eigenvalue weighted by Crippen LogP contribution is -2.17. The zero-order valence-corrected chi connectivity index (χ0v) is 15.8. The van der Waals surface area contributed by atoms with E-state index in [0.717, 1.165) is 42.1 Å². The molecule has 0 bridgehead atoms. The van der Waals surface area contributed by atoms with Gasteiger partial charge in [-0.2, -0.15) is 0 Å². The number of Topliss-reactive ketones (excluding diaryl/α,β-unsaturated/α-hetero) is 1. The Morgan fingerprint density at radius 1 is 1.00 bits per heavy atom. The van der Waals surface area contributed by atoms with Crippen molar-refractivity contribution in [2.75, 3.05) is 23.3 Å². The number of aromatic nitrogens is 1. The van der Waals surface area contributed by atoms with Crippen LogP contribution < -0.4 is 10.2 Å². The van der Waals surface area contributed by atoms with Crippen LogP contribution in [0.25, 0.3) is 11.3 Å². The molecule has 2 aliphatic rings. The number of nitrogens with one attached hydrogen (secondary N) is 1. The molecule has 142 valence electrons. The van der Waals surface area contributed by atoms with Crippen molar-refractivity contribution < 1.29 is 9.21 Å². The molecular weight excluding hydrogens is 350 g/mol. The Labute approximate surface area is 164 Å². The van der Waals surface area contributed by atoms with Crippen LogP contribution in [0.1, 0.15) is 30.4 Å². The van der Waals surface area contributed by atoms with Gasteiger partial charge in [0.25, 0.3) is 6.01 Å². The number of oxazole rings is 1. The van der Waals surface area contributed by atoms with Crippen LogP contribution in [0.5, 0.6) is 0 Å². The van der Waals surface area contributed by atoms with Crippen molar-refractivity contribution in [1.82, 2.24) is 4.98 Å². The van der Waals surface area contributed by atoms with E-state index in [2.05, 4.69) is 45.5 Å². The molecule has 0 radical (unpaired) electrons. The first-order valence-corrected chi connectivity index (χ1v) is 9.97. The zero-order chi connectivity index (χ0) is 18.9. The molecule has 0 atom stereocenters. The van der Waals surface area contributed by atoms with E-state index in [0.29, 0.717) is 18.9 Å². The van der Waals surface area contributed by atoms with Gasteiger partial charge in [-0.25, -0.2) is 4.98 Å². The highest BCUT2D eigenvalue weighted by atomic mass is 16.4. The van der Waals surface area contributed by atoms with Crippen molar-refractivity contribution in [3.63, 3.8) is 0 Å². The number of ketones is 1. The number of nitrogens with zero attached hydrogens (tertiary/aromatic N) is 2. The number of carbonyl (C=O) groups is 1. The molecule has 3 aromatic rings. The molecule has 2 heterocycles. The van der Waals surface area contributed by atoms with Crippen LogP contribution >= 0.6 is 0 Å². The van der Waals surface area contributed by atoms with E-state index >= 15 is 0 Å². The summed E-state index contributed by atoms with van der Waals surface area (Å²) in [5.41, 5.74) is 5.47. The van der Waals surface area contributed by atoms with Crippen LogP contribution in [0, 0.1) is 0 Å². The van der Waals surface area contributed by atoms with Crippen molar-refractivity contribution >= 4 is 23.2 Å². The summed E-state index contributed by atoms with van der Waals surface area (Å²) in [6.07, 6.45) is 6.20. The molecule has 1 aliphatic heterocycles. The monoisotopic (exact) mass is 373 g/mol. The summed E-state index contributed by atoms with van der Waals surface area (Å²) in [7, 11) is 0. The minimum Gasteiger partial charge on any atom is -0.423 e. The summed E-state index contributed by atoms with van der Waals surface area (Å²) >= 11 is 0. The molecule has 0 amide bonds. The molecule has 1 aromatic heterocycles. The highest BCUT2D eigenvalue weighted by Gasteiger charge is 2.19. The predicted octanol–water partition coefficient (Wildman–Crippen LogP) is 4.74. The number of carbonyl (C=O) groups excluding carboxylic acids is 1. The summed E-state index contributed by atoms with van der Waals surface area (Å²) < 4.78 is 5.94. The van der Waals surface area contributed by atoms with Gasteiger partial charge in [0.2, 0.25) is 0 Å². The summed E-state index contributed by atoms with van der Waals surface area (Å²) in [6, 6.07) is 15.0. The molecule has 0 saturated carbocycles. The number of hydrogen-bond acceptors (Lipinski definition) is 5. The molecule has 1 N–H and O–H groups in total. The van der Waals surface area contributed by atoms with E-state index in [9.17, 15) is 4.79 Å². The summed E-state index contributed by atoms with van der Waals surface area (Å²) in [5, 5.41) is 3.26. The van der Waals surface area contributed by atoms with Crippen LogP contribution in [0.3, 0.4) is 0 Å². The van der Waals surface area contributed by atoms with Crippen molar-refractivity contribution in [2.24, 2.45) is 0 Å². The Hall–Kier alpha value is -3.08. The Morgan fingerprint density at radius 3 is 2.64 bits per heavy atom. The number of anilines is 3. The topological polar surface area (TPSA) is 58.4 Å². The van der Waals surface area contributed by atoms with Gasteiger partial charge in [0.15, 0.2) is 5.76 Å². The standard InChI is InChI=1S/C23H23N3O2/c27-19-11-8-16-4-3-5-21(20(16)14-19)25-23-24-15-22(28-23)17-6-9-18(10-7-17)26-12-1-2-13-26/h3-7,9-10,15H,1-2,8,11-14H2,(H,24,25). The fourth-order valence-electron chi connectivity index (χ4n) is 4.15. The molecule has 1 aliphatic carbocycles. The maximum absolute atomic E-state index is 11.9. The molecule has 2 aromatic carbocycles. The number of fused-ring (bicyclic) bond motifs is 1. The second kappa shape index (κ2) is 7.15. The van der Waals surface area contributed by atoms with Gasteiger partial charge in [-0.1, -0.05) is 12.1 Å². The SMILES string of the molecule is O=C1CCc2cccc(Nc3ncc(-c4ccc(N5CCCC5)cc4)o3)c2C1. The molecule has 0 spiro atoms. The third-order valence-electron chi connectivity index (χ3n) is 5.69. The van der Waals surface area contributed by atoms with Crippen LogP contribution in [0.15, 0.2) is 53.1 Å². The fraction of sp³-hybridized carbons (Fsp3) is 0.304. The zero-order valence-electron chi connectivity index (χ0n) is 15.8. The van der Waals surface area contributed by atoms with E-state index in [-0.39, 0.29) is 5.78 Å². The first-order chi connectivity index (χ1) is 13.8. The van der Waals surface area contributed by atoms with Gasteiger partial charge in [0.05, 0.1) is 6.20 Å². The van der Waals surface area contributed by atoms with Crippen LogP contribution in [0.2, 0.25) is 0 Å². The Bertz CT molecular complexity index is 1000. The summed E-state index contributed by atoms with van der Waals surface area (Å²) in [5.74, 6) is 1.02. The molecule has 5 nitrogen and oxygen atoms in total. The normalized spacial score (nSPS) is 16.3. The van der Waals surface area contributed by atoms with Crippen molar-refractivity contribution in [2.45, 2.75) is 32.1 Å². The maximum Gasteiger partial charge on any atom is 0.299 e. The average Bonchev–Trinajstić information content (AvgIpc) is 3.41. The van der Waals surface area contributed by atoms with Gasteiger partial charge < -0.3 is 14.6 Å². The highest BCUT2D eigenvalue weighted by Crippen LogP contribution is 2.31. The van der Waals surface area contributed by atoms with Crippen LogP contribution in [-0.4, -0.2) is 23.9 Å². The first-order valence-electron chi connectivity index (χ1n) is 9.97. The van der Waals surface area contributed by atoms with E-state index in [1.165, 1.54) is 24.1 Å². The van der Waals surface area contributed by atoms with E-state index in [1.807, 2.05) is 12.1 Å². The van der Waals surface area contributed by atoms with Gasteiger partial charge in [-0.05, 0) is 60.7 Å². The van der Waals surface area contributed by atoms with Crippen molar-refractivity contribution in [3.05, 3.63) is 59.8 Å². The molecule has 1 fully saturated rings. The summed E-state index contributed by atoms with van der Waals surface area (Å²) in [6.45, 7) is 2.28. The van der Waals surface area contributed by atoms with Gasteiger partial charge in [0.1, 0.15) is 5.78 Å². The molecule has 1 saturated heterocycles. The molecule has 0 unspecified atom stereocenters. The fourth-order valence-corrected chi connectivity index (χ4v) is 4.15. The Morgan fingerprint density at radius 2 is 1.82 bits per heavy atom. The minimum absolute atomic E-state index is 0.285. The molecule has 5 heteroatoms. The van der Waals surface area contributed by atoms with Gasteiger partial charge >= 0.3 is 0 Å². The lowest BCUT2D eigenvalue weighted by molar-refractivity contribution is -0.118. The van der Waals surface area contributed by atoms with E-state index < -0.39 is 0 Å². The number of rotatable bonds is 4. The predicted molar refractivity (Wildman–Crippen MR) is 110 cm³/mol. The van der Waals surface area contributed by atoms with E-state index in [4.69, 9.17) is 4.42 Å². The van der Waals surface area contributed by atoms with Gasteiger partial charge in [-0.3, -0.25) is 4.79 Å². The van der Waals surface area contributed by atoms with E-state index in [1.54, 1.807) is 6.20 Å². The van der Waals surface area contributed by atoms with Gasteiger partial charge in [-0.15, -0.1) is 0 Å². The number of benzene rings is 2. The maximum atomic E-state index is 11.9. The lowest BCUT2D eigenvalue weighted by atomic mass is 9.89. The third kappa shape index (κ3) is 3.28. The van der Waals surface area contributed by atoms with Crippen molar-refractivity contribution in [3.8, 4) is 11.3 Å². The molecule has 28 heavy (non-hydrogen) atoms. The summed E-state index contributed by atoms with van der Waals surface area (Å²) in [4.78, 5) is 18.7. The highest BCUT2D eigenvalue weighted by molar-refractivity contribution is 5.85. The smallest absolute Gasteiger partial charge is 0.299 e. The Kier molecular flexibility index (Phi) is 4.35. The molecule has 5 rings (SSSR count). The Balaban J connectivity index is 1.35. The quantitative estimate of drug-likeness (QED) is 0.716.